The Hall–Kier alpha value is -1.50. The Labute approximate surface area is 129 Å². The molecule has 0 atom stereocenters. The number of rotatable bonds is 4. The van der Waals surface area contributed by atoms with Crippen LogP contribution in [0.25, 0.3) is 0 Å². The van der Waals surface area contributed by atoms with Crippen LogP contribution >= 0.6 is 0 Å². The second-order valence-electron chi connectivity index (χ2n) is 5.78. The van der Waals surface area contributed by atoms with Crippen LogP contribution in [0.15, 0.2) is 24.3 Å². The number of halogens is 1. The van der Waals surface area contributed by atoms with Crippen LogP contribution in [0.3, 0.4) is 0 Å². The maximum Gasteiger partial charge on any atom is 0.238 e. The van der Waals surface area contributed by atoms with E-state index in [2.05, 4.69) is 10.2 Å². The lowest BCUT2D eigenvalue weighted by Gasteiger charge is -2.33. The number of nitrogens with one attached hydrogen (secondary N) is 1. The van der Waals surface area contributed by atoms with Crippen LogP contribution in [-0.4, -0.2) is 49.9 Å². The van der Waals surface area contributed by atoms with Gasteiger partial charge in [0.25, 0.3) is 0 Å². The lowest BCUT2D eigenvalue weighted by atomic mass is 9.96. The van der Waals surface area contributed by atoms with Crippen molar-refractivity contribution in [3.63, 3.8) is 0 Å². The van der Waals surface area contributed by atoms with Crippen molar-refractivity contribution in [1.82, 2.24) is 4.90 Å². The number of likely N-dealkylation sites (tertiary alicyclic amines) is 1. The zero-order chi connectivity index (χ0) is 15.4. The van der Waals surface area contributed by atoms with Gasteiger partial charge in [-0.1, -0.05) is 6.07 Å². The Balaban J connectivity index is 1.43. The number of anilines is 1. The minimum absolute atomic E-state index is 0.0664. The minimum atomic E-state index is -0.352. The van der Waals surface area contributed by atoms with Crippen molar-refractivity contribution in [1.29, 1.82) is 0 Å². The smallest absolute Gasteiger partial charge is 0.238 e. The summed E-state index contributed by atoms with van der Waals surface area (Å²) in [7, 11) is 0. The fourth-order valence-electron chi connectivity index (χ4n) is 3.00. The molecule has 0 bridgehead atoms. The molecular weight excluding hydrogens is 287 g/mol. The van der Waals surface area contributed by atoms with Gasteiger partial charge in [-0.05, 0) is 44.1 Å². The summed E-state index contributed by atoms with van der Waals surface area (Å²) in [5, 5.41) is 2.73. The van der Waals surface area contributed by atoms with Gasteiger partial charge in [-0.2, -0.15) is 0 Å². The molecule has 2 aliphatic heterocycles. The second kappa shape index (κ2) is 7.17. The molecular formula is C16H21FN2O3. The number of piperidine rings is 1. The molecule has 2 saturated heterocycles. The summed E-state index contributed by atoms with van der Waals surface area (Å²) >= 11 is 0. The molecule has 0 spiro atoms. The highest BCUT2D eigenvalue weighted by molar-refractivity contribution is 5.92. The average Bonchev–Trinajstić information content (AvgIpc) is 3.02. The quantitative estimate of drug-likeness (QED) is 0.922. The van der Waals surface area contributed by atoms with Gasteiger partial charge >= 0.3 is 0 Å². The first-order valence-corrected chi connectivity index (χ1v) is 7.72. The predicted octanol–water partition coefficient (Wildman–Crippen LogP) is 1.85. The number of hydrogen-bond donors (Lipinski definition) is 1. The molecule has 2 fully saturated rings. The molecule has 6 heteroatoms. The summed E-state index contributed by atoms with van der Waals surface area (Å²) in [6, 6.07) is 5.94. The SMILES string of the molecule is O=C(CN1CCC(C2OCCO2)CC1)Nc1cccc(F)c1. The highest BCUT2D eigenvalue weighted by Gasteiger charge is 2.30. The topological polar surface area (TPSA) is 50.8 Å². The normalized spacial score (nSPS) is 21.1. The lowest BCUT2D eigenvalue weighted by molar-refractivity contribution is -0.119. The number of carbonyl (C=O) groups excluding carboxylic acids is 1. The van der Waals surface area contributed by atoms with Crippen molar-refractivity contribution >= 4 is 11.6 Å². The molecule has 5 nitrogen and oxygen atoms in total. The first-order chi connectivity index (χ1) is 10.7. The number of nitrogens with zero attached hydrogens (tertiary/aromatic N) is 1. The van der Waals surface area contributed by atoms with E-state index in [-0.39, 0.29) is 18.0 Å². The van der Waals surface area contributed by atoms with E-state index < -0.39 is 0 Å². The van der Waals surface area contributed by atoms with Crippen LogP contribution in [0.1, 0.15) is 12.8 Å². The Kier molecular flexibility index (Phi) is 5.02. The molecule has 1 N–H and O–H groups in total. The van der Waals surface area contributed by atoms with Crippen molar-refractivity contribution < 1.29 is 18.7 Å². The van der Waals surface area contributed by atoms with Crippen LogP contribution in [0.5, 0.6) is 0 Å². The molecule has 120 valence electrons. The highest BCUT2D eigenvalue weighted by Crippen LogP contribution is 2.25. The highest BCUT2D eigenvalue weighted by atomic mass is 19.1. The van der Waals surface area contributed by atoms with Crippen LogP contribution < -0.4 is 5.32 Å². The van der Waals surface area contributed by atoms with Gasteiger partial charge in [0.1, 0.15) is 5.82 Å². The van der Waals surface area contributed by atoms with E-state index in [1.807, 2.05) is 0 Å². The predicted molar refractivity (Wildman–Crippen MR) is 79.9 cm³/mol. The Bertz CT molecular complexity index is 512. The van der Waals surface area contributed by atoms with Crippen LogP contribution in [-0.2, 0) is 14.3 Å². The van der Waals surface area contributed by atoms with Crippen molar-refractivity contribution in [3.8, 4) is 0 Å². The zero-order valence-corrected chi connectivity index (χ0v) is 12.5. The molecule has 0 aromatic heterocycles. The van der Waals surface area contributed by atoms with Crippen LogP contribution in [0.2, 0.25) is 0 Å². The first-order valence-electron chi connectivity index (χ1n) is 7.72. The summed E-state index contributed by atoms with van der Waals surface area (Å²) in [6.45, 7) is 3.40. The van der Waals surface area contributed by atoms with Crippen LogP contribution in [0, 0.1) is 11.7 Å². The third-order valence-electron chi connectivity index (χ3n) is 4.14. The Morgan fingerprint density at radius 2 is 2.00 bits per heavy atom. The van der Waals surface area contributed by atoms with Crippen molar-refractivity contribution in [2.24, 2.45) is 5.92 Å². The summed E-state index contributed by atoms with van der Waals surface area (Å²) in [6.07, 6.45) is 1.87. The summed E-state index contributed by atoms with van der Waals surface area (Å²) in [5.74, 6) is -0.0439. The van der Waals surface area contributed by atoms with E-state index in [0.717, 1.165) is 25.9 Å². The van der Waals surface area contributed by atoms with E-state index >= 15 is 0 Å². The van der Waals surface area contributed by atoms with Crippen molar-refractivity contribution in [2.75, 3.05) is 38.2 Å². The maximum absolute atomic E-state index is 13.1. The van der Waals surface area contributed by atoms with Gasteiger partial charge in [0.05, 0.1) is 19.8 Å². The zero-order valence-electron chi connectivity index (χ0n) is 12.5. The third-order valence-corrected chi connectivity index (χ3v) is 4.14. The molecule has 0 radical (unpaired) electrons. The lowest BCUT2D eigenvalue weighted by Crippen LogP contribution is -2.41. The Morgan fingerprint density at radius 3 is 2.68 bits per heavy atom. The van der Waals surface area contributed by atoms with Crippen molar-refractivity contribution in [2.45, 2.75) is 19.1 Å². The molecule has 1 aromatic rings. The minimum Gasteiger partial charge on any atom is -0.350 e. The molecule has 3 rings (SSSR count). The van der Waals surface area contributed by atoms with Gasteiger partial charge in [-0.15, -0.1) is 0 Å². The van der Waals surface area contributed by atoms with E-state index in [1.54, 1.807) is 12.1 Å². The molecule has 2 aliphatic rings. The fourth-order valence-corrected chi connectivity index (χ4v) is 3.00. The molecule has 1 aromatic carbocycles. The molecule has 22 heavy (non-hydrogen) atoms. The van der Waals surface area contributed by atoms with Gasteiger partial charge in [-0.3, -0.25) is 9.69 Å². The molecule has 0 unspecified atom stereocenters. The monoisotopic (exact) mass is 308 g/mol. The van der Waals surface area contributed by atoms with Gasteiger partial charge in [-0.25, -0.2) is 4.39 Å². The average molecular weight is 308 g/mol. The van der Waals surface area contributed by atoms with E-state index in [4.69, 9.17) is 9.47 Å². The van der Waals surface area contributed by atoms with Gasteiger partial charge in [0.15, 0.2) is 6.29 Å². The van der Waals surface area contributed by atoms with Crippen LogP contribution in [0.4, 0.5) is 10.1 Å². The van der Waals surface area contributed by atoms with E-state index in [9.17, 15) is 9.18 Å². The summed E-state index contributed by atoms with van der Waals surface area (Å²) in [4.78, 5) is 14.1. The fraction of sp³-hybridized carbons (Fsp3) is 0.562. The molecule has 2 heterocycles. The van der Waals surface area contributed by atoms with Gasteiger partial charge < -0.3 is 14.8 Å². The van der Waals surface area contributed by atoms with Gasteiger partial charge in [0, 0.05) is 11.6 Å². The number of hydrogen-bond acceptors (Lipinski definition) is 4. The number of ether oxygens (including phenoxy) is 2. The largest absolute Gasteiger partial charge is 0.350 e. The first kappa shape index (κ1) is 15.4. The molecule has 0 saturated carbocycles. The van der Waals surface area contributed by atoms with E-state index in [1.165, 1.54) is 12.1 Å². The third kappa shape index (κ3) is 4.03. The van der Waals surface area contributed by atoms with E-state index in [0.29, 0.717) is 31.4 Å². The summed E-state index contributed by atoms with van der Waals surface area (Å²) in [5.41, 5.74) is 0.493. The second-order valence-corrected chi connectivity index (χ2v) is 5.78. The standard InChI is InChI=1S/C16H21FN2O3/c17-13-2-1-3-14(10-13)18-15(20)11-19-6-4-12(5-7-19)16-21-8-9-22-16/h1-3,10,12,16H,4-9,11H2,(H,18,20). The number of amides is 1. The maximum atomic E-state index is 13.1. The Morgan fingerprint density at radius 1 is 1.27 bits per heavy atom. The molecule has 0 aliphatic carbocycles. The number of benzene rings is 1. The molecule has 1 amide bonds. The number of carbonyl (C=O) groups is 1. The van der Waals surface area contributed by atoms with Crippen molar-refractivity contribution in [3.05, 3.63) is 30.1 Å². The summed E-state index contributed by atoms with van der Waals surface area (Å²) < 4.78 is 24.2. The van der Waals surface area contributed by atoms with Gasteiger partial charge in [0.2, 0.25) is 5.91 Å².